The molecule has 100 valence electrons. The van der Waals surface area contributed by atoms with Crippen molar-refractivity contribution in [3.05, 3.63) is 63.6 Å². The van der Waals surface area contributed by atoms with Crippen LogP contribution in [0.3, 0.4) is 0 Å². The van der Waals surface area contributed by atoms with Gasteiger partial charge in [0, 0.05) is 17.9 Å². The fourth-order valence-electron chi connectivity index (χ4n) is 2.00. The monoisotopic (exact) mass is 322 g/mol. The molecule has 0 spiro atoms. The van der Waals surface area contributed by atoms with Gasteiger partial charge in [-0.1, -0.05) is 18.2 Å². The Kier molecular flexibility index (Phi) is 4.66. The lowest BCUT2D eigenvalue weighted by atomic mass is 10.00. The molecule has 1 heterocycles. The van der Waals surface area contributed by atoms with Crippen LogP contribution in [0.25, 0.3) is 0 Å². The van der Waals surface area contributed by atoms with Crippen LogP contribution in [0.15, 0.2) is 41.0 Å². The molecule has 2 nitrogen and oxygen atoms in total. The number of aromatic nitrogens is 1. The van der Waals surface area contributed by atoms with E-state index < -0.39 is 0 Å². The van der Waals surface area contributed by atoms with Crippen molar-refractivity contribution in [3.8, 4) is 0 Å². The average Bonchev–Trinajstić information content (AvgIpc) is 2.42. The van der Waals surface area contributed by atoms with Crippen LogP contribution in [0, 0.1) is 12.7 Å². The van der Waals surface area contributed by atoms with E-state index in [0.717, 1.165) is 16.8 Å². The third-order valence-electron chi connectivity index (χ3n) is 3.14. The summed E-state index contributed by atoms with van der Waals surface area (Å²) in [6.07, 6.45) is 2.57. The number of halogens is 2. The number of likely N-dealkylation sites (N-methyl/N-ethyl adjacent to an activating group) is 1. The molecule has 2 rings (SSSR count). The largest absolute Gasteiger partial charge is 0.313 e. The highest BCUT2D eigenvalue weighted by Gasteiger charge is 2.13. The molecule has 0 aliphatic heterocycles. The number of pyridine rings is 1. The molecule has 0 fully saturated rings. The molecule has 0 aliphatic carbocycles. The van der Waals surface area contributed by atoms with Crippen LogP contribution in [0.1, 0.15) is 22.9 Å². The van der Waals surface area contributed by atoms with Crippen LogP contribution < -0.4 is 5.32 Å². The molecule has 0 saturated heterocycles. The molecule has 0 aliphatic rings. The maximum atomic E-state index is 13.5. The van der Waals surface area contributed by atoms with Gasteiger partial charge in [-0.2, -0.15) is 0 Å². The van der Waals surface area contributed by atoms with Gasteiger partial charge in [0.15, 0.2) is 0 Å². The zero-order chi connectivity index (χ0) is 13.8. The Hall–Kier alpha value is -1.26. The number of aryl methyl sites for hydroxylation is 1. The zero-order valence-electron chi connectivity index (χ0n) is 11.0. The van der Waals surface area contributed by atoms with Gasteiger partial charge in [-0.25, -0.2) is 4.39 Å². The van der Waals surface area contributed by atoms with Crippen LogP contribution in [-0.4, -0.2) is 12.0 Å². The molecule has 1 aromatic heterocycles. The minimum atomic E-state index is -0.227. The van der Waals surface area contributed by atoms with Gasteiger partial charge in [0.2, 0.25) is 0 Å². The van der Waals surface area contributed by atoms with Crippen molar-refractivity contribution in [1.29, 1.82) is 0 Å². The maximum absolute atomic E-state index is 13.5. The lowest BCUT2D eigenvalue weighted by Gasteiger charge is -2.17. The average molecular weight is 323 g/mol. The molecule has 0 radical (unpaired) electrons. The first-order valence-corrected chi connectivity index (χ1v) is 6.94. The Labute approximate surface area is 121 Å². The number of hydrogen-bond donors (Lipinski definition) is 1. The van der Waals surface area contributed by atoms with E-state index in [0.29, 0.717) is 10.9 Å². The predicted molar refractivity (Wildman–Crippen MR) is 78.6 cm³/mol. The maximum Gasteiger partial charge on any atom is 0.137 e. The van der Waals surface area contributed by atoms with Gasteiger partial charge in [-0.05, 0) is 59.6 Å². The first-order valence-electron chi connectivity index (χ1n) is 6.14. The van der Waals surface area contributed by atoms with Crippen molar-refractivity contribution in [3.63, 3.8) is 0 Å². The molecule has 0 bridgehead atoms. The minimum absolute atomic E-state index is 0.117. The van der Waals surface area contributed by atoms with E-state index in [2.05, 4.69) is 32.3 Å². The number of rotatable bonds is 4. The van der Waals surface area contributed by atoms with E-state index >= 15 is 0 Å². The van der Waals surface area contributed by atoms with E-state index in [4.69, 9.17) is 0 Å². The van der Waals surface area contributed by atoms with Crippen LogP contribution in [0.2, 0.25) is 0 Å². The minimum Gasteiger partial charge on any atom is -0.313 e. The van der Waals surface area contributed by atoms with Gasteiger partial charge in [-0.3, -0.25) is 4.98 Å². The molecular formula is C15H16BrFN2. The summed E-state index contributed by atoms with van der Waals surface area (Å²) in [5.41, 5.74) is 3.04. The van der Waals surface area contributed by atoms with Gasteiger partial charge < -0.3 is 5.32 Å². The SMILES string of the molecule is CNC(Cc1cccc(F)c1Br)c1ccc(C)nc1. The predicted octanol–water partition coefficient (Wildman–Crippen LogP) is 3.79. The number of hydrogen-bond acceptors (Lipinski definition) is 2. The van der Waals surface area contributed by atoms with Gasteiger partial charge in [0.25, 0.3) is 0 Å². The van der Waals surface area contributed by atoms with E-state index in [1.807, 2.05) is 32.3 Å². The summed E-state index contributed by atoms with van der Waals surface area (Å²) in [7, 11) is 1.90. The van der Waals surface area contributed by atoms with E-state index in [9.17, 15) is 4.39 Å². The van der Waals surface area contributed by atoms with Crippen LogP contribution in [0.4, 0.5) is 4.39 Å². The van der Waals surface area contributed by atoms with Gasteiger partial charge in [0.05, 0.1) is 4.47 Å². The summed E-state index contributed by atoms with van der Waals surface area (Å²) in [6.45, 7) is 1.96. The van der Waals surface area contributed by atoms with Crippen LogP contribution in [0.5, 0.6) is 0 Å². The summed E-state index contributed by atoms with van der Waals surface area (Å²) in [4.78, 5) is 4.30. The zero-order valence-corrected chi connectivity index (χ0v) is 12.5. The molecule has 4 heteroatoms. The lowest BCUT2D eigenvalue weighted by molar-refractivity contribution is 0.578. The van der Waals surface area contributed by atoms with Crippen molar-refractivity contribution in [2.24, 2.45) is 0 Å². The Morgan fingerprint density at radius 1 is 1.32 bits per heavy atom. The quantitative estimate of drug-likeness (QED) is 0.926. The lowest BCUT2D eigenvalue weighted by Crippen LogP contribution is -2.19. The van der Waals surface area contributed by atoms with Crippen molar-refractivity contribution in [2.45, 2.75) is 19.4 Å². The van der Waals surface area contributed by atoms with E-state index in [1.54, 1.807) is 6.07 Å². The highest BCUT2D eigenvalue weighted by Crippen LogP contribution is 2.25. The molecule has 1 unspecified atom stereocenters. The smallest absolute Gasteiger partial charge is 0.137 e. The summed E-state index contributed by atoms with van der Waals surface area (Å²) in [5, 5.41) is 3.25. The molecule has 0 amide bonds. The van der Waals surface area contributed by atoms with E-state index in [1.165, 1.54) is 6.07 Å². The van der Waals surface area contributed by atoms with Crippen molar-refractivity contribution in [1.82, 2.24) is 10.3 Å². The Balaban J connectivity index is 2.24. The summed E-state index contributed by atoms with van der Waals surface area (Å²) < 4.78 is 14.0. The second-order valence-corrected chi connectivity index (χ2v) is 5.28. The normalized spacial score (nSPS) is 12.4. The summed E-state index contributed by atoms with van der Waals surface area (Å²) in [6, 6.07) is 9.27. The highest BCUT2D eigenvalue weighted by molar-refractivity contribution is 9.10. The summed E-state index contributed by atoms with van der Waals surface area (Å²) in [5.74, 6) is -0.227. The van der Waals surface area contributed by atoms with Gasteiger partial charge >= 0.3 is 0 Å². The van der Waals surface area contributed by atoms with E-state index in [-0.39, 0.29) is 11.9 Å². The second kappa shape index (κ2) is 6.26. The van der Waals surface area contributed by atoms with Crippen molar-refractivity contribution < 1.29 is 4.39 Å². The number of nitrogens with one attached hydrogen (secondary N) is 1. The number of nitrogens with zero attached hydrogens (tertiary/aromatic N) is 1. The fourth-order valence-corrected chi connectivity index (χ4v) is 2.42. The third kappa shape index (κ3) is 3.39. The Morgan fingerprint density at radius 2 is 2.11 bits per heavy atom. The molecule has 0 saturated carbocycles. The standard InChI is InChI=1S/C15H16BrFN2/c1-10-6-7-12(9-19-10)14(18-2)8-11-4-3-5-13(17)15(11)16/h3-7,9,14,18H,8H2,1-2H3. The van der Waals surface area contributed by atoms with Gasteiger partial charge in [-0.15, -0.1) is 0 Å². The Morgan fingerprint density at radius 3 is 2.74 bits per heavy atom. The third-order valence-corrected chi connectivity index (χ3v) is 4.03. The van der Waals surface area contributed by atoms with Crippen LogP contribution in [-0.2, 0) is 6.42 Å². The molecular weight excluding hydrogens is 307 g/mol. The second-order valence-electron chi connectivity index (χ2n) is 4.49. The fraction of sp³-hybridized carbons (Fsp3) is 0.267. The number of benzene rings is 1. The molecule has 1 N–H and O–H groups in total. The van der Waals surface area contributed by atoms with Crippen molar-refractivity contribution >= 4 is 15.9 Å². The molecule has 19 heavy (non-hydrogen) atoms. The highest BCUT2D eigenvalue weighted by atomic mass is 79.9. The molecule has 1 aromatic carbocycles. The topological polar surface area (TPSA) is 24.9 Å². The van der Waals surface area contributed by atoms with Crippen molar-refractivity contribution in [2.75, 3.05) is 7.05 Å². The first kappa shape index (κ1) is 14.2. The summed E-state index contributed by atoms with van der Waals surface area (Å²) >= 11 is 3.30. The molecule has 2 aromatic rings. The molecule has 1 atom stereocenters. The van der Waals surface area contributed by atoms with Crippen LogP contribution >= 0.6 is 15.9 Å². The first-order chi connectivity index (χ1) is 9.11. The van der Waals surface area contributed by atoms with Gasteiger partial charge in [0.1, 0.15) is 5.82 Å². The Bertz CT molecular complexity index is 555.